The molecule has 0 radical (unpaired) electrons. The number of rotatable bonds is 8. The van der Waals surface area contributed by atoms with E-state index in [-0.39, 0.29) is 11.5 Å². The number of nitrogens with zero attached hydrogens (tertiary/aromatic N) is 1. The smallest absolute Gasteiger partial charge is 0.325 e. The number of carbonyl (C=O) groups excluding carboxylic acids is 3. The Bertz CT molecular complexity index is 1070. The molecule has 2 amide bonds. The zero-order valence-corrected chi connectivity index (χ0v) is 19.6. The predicted octanol–water partition coefficient (Wildman–Crippen LogP) is 5.18. The molecule has 0 saturated carbocycles. The molecule has 2 aromatic rings. The molecule has 3 rings (SSSR count). The third-order valence-electron chi connectivity index (χ3n) is 4.39. The molecule has 1 heterocycles. The molecular weight excluding hydrogens is 477 g/mol. The van der Waals surface area contributed by atoms with Crippen LogP contribution >= 0.6 is 35.0 Å². The van der Waals surface area contributed by atoms with E-state index >= 15 is 0 Å². The van der Waals surface area contributed by atoms with E-state index in [1.54, 1.807) is 42.5 Å². The van der Waals surface area contributed by atoms with Crippen LogP contribution in [0.4, 0.5) is 4.79 Å². The average molecular weight is 496 g/mol. The fraction of sp³-hybridized carbons (Fsp3) is 0.227. The summed E-state index contributed by atoms with van der Waals surface area (Å²) in [5, 5.41) is 0.456. The second kappa shape index (κ2) is 10.8. The van der Waals surface area contributed by atoms with Gasteiger partial charge in [0.15, 0.2) is 11.5 Å². The van der Waals surface area contributed by atoms with Gasteiger partial charge in [-0.1, -0.05) is 35.3 Å². The maximum atomic E-state index is 12.5. The van der Waals surface area contributed by atoms with E-state index in [0.717, 1.165) is 16.7 Å². The standard InChI is InChI=1S/C22H19Cl2NO6S/c1-3-30-18-9-13(10-19-21(27)25(22(28)32-19)11-20(26)29-2)7-8-17(18)31-12-14-15(23)5-4-6-16(14)24/h4-10H,3,11-12H2,1-2H3/b19-10-. The van der Waals surface area contributed by atoms with E-state index in [2.05, 4.69) is 4.74 Å². The summed E-state index contributed by atoms with van der Waals surface area (Å²) in [7, 11) is 1.19. The third kappa shape index (κ3) is 5.56. The Kier molecular flexibility index (Phi) is 8.06. The van der Waals surface area contributed by atoms with Crippen LogP contribution in [0.5, 0.6) is 11.5 Å². The lowest BCUT2D eigenvalue weighted by molar-refractivity contribution is -0.143. The average Bonchev–Trinajstić information content (AvgIpc) is 3.02. The van der Waals surface area contributed by atoms with Crippen molar-refractivity contribution in [1.82, 2.24) is 4.90 Å². The minimum Gasteiger partial charge on any atom is -0.490 e. The normalized spacial score (nSPS) is 14.8. The van der Waals surface area contributed by atoms with Crippen LogP contribution < -0.4 is 9.47 Å². The van der Waals surface area contributed by atoms with Gasteiger partial charge < -0.3 is 14.2 Å². The minimum absolute atomic E-state index is 0.143. The molecule has 7 nitrogen and oxygen atoms in total. The number of thioether (sulfide) groups is 1. The van der Waals surface area contributed by atoms with Gasteiger partial charge in [0.1, 0.15) is 13.2 Å². The summed E-state index contributed by atoms with van der Waals surface area (Å²) >= 11 is 13.1. The molecule has 0 unspecified atom stereocenters. The first-order chi connectivity index (χ1) is 15.3. The number of esters is 1. The van der Waals surface area contributed by atoms with E-state index in [0.29, 0.717) is 39.3 Å². The predicted molar refractivity (Wildman–Crippen MR) is 123 cm³/mol. The highest BCUT2D eigenvalue weighted by atomic mass is 35.5. The molecule has 32 heavy (non-hydrogen) atoms. The molecule has 0 aromatic heterocycles. The Hall–Kier alpha value is -2.68. The number of imide groups is 1. The summed E-state index contributed by atoms with van der Waals surface area (Å²) < 4.78 is 16.1. The van der Waals surface area contributed by atoms with Crippen LogP contribution in [0.1, 0.15) is 18.1 Å². The van der Waals surface area contributed by atoms with E-state index in [1.165, 1.54) is 7.11 Å². The summed E-state index contributed by atoms with van der Waals surface area (Å²) in [6, 6.07) is 10.3. The first-order valence-corrected chi connectivity index (χ1v) is 11.1. The van der Waals surface area contributed by atoms with Crippen LogP contribution in [0.2, 0.25) is 10.0 Å². The summed E-state index contributed by atoms with van der Waals surface area (Å²) in [6.45, 7) is 1.94. The van der Waals surface area contributed by atoms with Crippen LogP contribution in [-0.4, -0.2) is 42.3 Å². The van der Waals surface area contributed by atoms with Gasteiger partial charge in [0.25, 0.3) is 11.1 Å². The molecule has 1 aliphatic rings. The number of benzene rings is 2. The van der Waals surface area contributed by atoms with Crippen molar-refractivity contribution in [3.05, 3.63) is 62.5 Å². The fourth-order valence-corrected chi connectivity index (χ4v) is 4.15. The van der Waals surface area contributed by atoms with E-state index < -0.39 is 23.7 Å². The lowest BCUT2D eigenvalue weighted by Gasteiger charge is -2.14. The number of amides is 2. The first-order valence-electron chi connectivity index (χ1n) is 9.48. The molecule has 10 heteroatoms. The van der Waals surface area contributed by atoms with Crippen LogP contribution in [0.15, 0.2) is 41.3 Å². The maximum absolute atomic E-state index is 12.5. The molecular formula is C22H19Cl2NO6S. The molecule has 168 valence electrons. The topological polar surface area (TPSA) is 82.1 Å². The van der Waals surface area contributed by atoms with E-state index in [4.69, 9.17) is 32.7 Å². The lowest BCUT2D eigenvalue weighted by Crippen LogP contribution is -2.34. The quantitative estimate of drug-likeness (QED) is 0.368. The van der Waals surface area contributed by atoms with Gasteiger partial charge in [-0.25, -0.2) is 0 Å². The van der Waals surface area contributed by atoms with Crippen LogP contribution in [0.25, 0.3) is 6.08 Å². The second-order valence-electron chi connectivity index (χ2n) is 6.47. The molecule has 2 aromatic carbocycles. The maximum Gasteiger partial charge on any atom is 0.325 e. The number of methoxy groups -OCH3 is 1. The van der Waals surface area contributed by atoms with E-state index in [9.17, 15) is 14.4 Å². The van der Waals surface area contributed by atoms with Gasteiger partial charge in [-0.05, 0) is 54.6 Å². The Balaban J connectivity index is 1.80. The molecule has 1 aliphatic heterocycles. The van der Waals surface area contributed by atoms with E-state index in [1.807, 2.05) is 6.92 Å². The van der Waals surface area contributed by atoms with Crippen LogP contribution in [-0.2, 0) is 20.9 Å². The summed E-state index contributed by atoms with van der Waals surface area (Å²) in [4.78, 5) is 37.1. The molecule has 0 aliphatic carbocycles. The van der Waals surface area contributed by atoms with Gasteiger partial charge in [0.2, 0.25) is 0 Å². The Morgan fingerprint density at radius 3 is 2.47 bits per heavy atom. The van der Waals surface area contributed by atoms with Crippen molar-refractivity contribution >= 4 is 58.2 Å². The molecule has 1 saturated heterocycles. The molecule has 0 atom stereocenters. The monoisotopic (exact) mass is 495 g/mol. The van der Waals surface area contributed by atoms with Crippen molar-refractivity contribution in [1.29, 1.82) is 0 Å². The fourth-order valence-electron chi connectivity index (χ4n) is 2.80. The number of ether oxygens (including phenoxy) is 3. The molecule has 0 N–H and O–H groups in total. The lowest BCUT2D eigenvalue weighted by atomic mass is 10.1. The highest BCUT2D eigenvalue weighted by Crippen LogP contribution is 2.35. The van der Waals surface area contributed by atoms with Gasteiger partial charge in [0, 0.05) is 15.6 Å². The second-order valence-corrected chi connectivity index (χ2v) is 8.28. The van der Waals surface area contributed by atoms with Gasteiger partial charge >= 0.3 is 5.97 Å². The first kappa shape index (κ1) is 24.0. The Labute approximate surface area is 199 Å². The molecule has 0 bridgehead atoms. The van der Waals surface area contributed by atoms with Crippen molar-refractivity contribution < 1.29 is 28.6 Å². The SMILES string of the molecule is CCOc1cc(/C=C2\SC(=O)N(CC(=O)OC)C2=O)ccc1OCc1c(Cl)cccc1Cl. The van der Waals surface area contributed by atoms with Crippen molar-refractivity contribution in [2.24, 2.45) is 0 Å². The molecule has 0 spiro atoms. The number of halogens is 2. The zero-order chi connectivity index (χ0) is 23.3. The van der Waals surface area contributed by atoms with Crippen molar-refractivity contribution in [3.8, 4) is 11.5 Å². The highest BCUT2D eigenvalue weighted by molar-refractivity contribution is 8.18. The highest BCUT2D eigenvalue weighted by Gasteiger charge is 2.36. The summed E-state index contributed by atoms with van der Waals surface area (Å²) in [6.07, 6.45) is 1.55. The zero-order valence-electron chi connectivity index (χ0n) is 17.2. The van der Waals surface area contributed by atoms with Gasteiger partial charge in [0.05, 0.1) is 18.6 Å². The Morgan fingerprint density at radius 1 is 1.09 bits per heavy atom. The number of carbonyl (C=O) groups is 3. The molecule has 1 fully saturated rings. The number of hydrogen-bond acceptors (Lipinski definition) is 7. The van der Waals surface area contributed by atoms with Gasteiger partial charge in [-0.3, -0.25) is 19.3 Å². The van der Waals surface area contributed by atoms with Crippen LogP contribution in [0.3, 0.4) is 0 Å². The van der Waals surface area contributed by atoms with Crippen molar-refractivity contribution in [2.75, 3.05) is 20.3 Å². The van der Waals surface area contributed by atoms with Gasteiger partial charge in [-0.2, -0.15) is 0 Å². The van der Waals surface area contributed by atoms with Gasteiger partial charge in [-0.15, -0.1) is 0 Å². The van der Waals surface area contributed by atoms with Crippen molar-refractivity contribution in [3.63, 3.8) is 0 Å². The van der Waals surface area contributed by atoms with Crippen molar-refractivity contribution in [2.45, 2.75) is 13.5 Å². The van der Waals surface area contributed by atoms with Crippen LogP contribution in [0, 0.1) is 0 Å². The third-order valence-corrected chi connectivity index (χ3v) is 6.00. The number of hydrogen-bond donors (Lipinski definition) is 0. The minimum atomic E-state index is -0.674. The Morgan fingerprint density at radius 2 is 1.81 bits per heavy atom. The summed E-state index contributed by atoms with van der Waals surface area (Å²) in [5.41, 5.74) is 1.28. The largest absolute Gasteiger partial charge is 0.490 e. The summed E-state index contributed by atoms with van der Waals surface area (Å²) in [5.74, 6) is -0.304.